The zero-order valence-electron chi connectivity index (χ0n) is 18.8. The van der Waals surface area contributed by atoms with Gasteiger partial charge >= 0.3 is 0 Å². The van der Waals surface area contributed by atoms with Crippen molar-refractivity contribution in [1.82, 2.24) is 9.47 Å². The van der Waals surface area contributed by atoms with E-state index in [0.29, 0.717) is 13.2 Å². The van der Waals surface area contributed by atoms with E-state index in [2.05, 4.69) is 21.3 Å². The van der Waals surface area contributed by atoms with Gasteiger partial charge in [0.25, 0.3) is 0 Å². The van der Waals surface area contributed by atoms with Crippen LogP contribution in [0, 0.1) is 13.8 Å². The van der Waals surface area contributed by atoms with Crippen LogP contribution in [0.1, 0.15) is 52.0 Å². The minimum atomic E-state index is 0.0841. The van der Waals surface area contributed by atoms with Gasteiger partial charge in [0, 0.05) is 61.5 Å². The molecule has 30 heavy (non-hydrogen) atoms. The van der Waals surface area contributed by atoms with Crippen LogP contribution in [0.15, 0.2) is 30.3 Å². The highest BCUT2D eigenvalue weighted by Gasteiger charge is 2.23. The SMILES string of the molecule is COC[C@@H](C)n1c(C)cc(C(=O)CN2CCN(c3ccc(C(C)=O)cc3)CC2)c1C. The summed E-state index contributed by atoms with van der Waals surface area (Å²) in [5.41, 5.74) is 4.80. The number of carbonyl (C=O) groups is 2. The monoisotopic (exact) mass is 411 g/mol. The van der Waals surface area contributed by atoms with Gasteiger partial charge in [-0.2, -0.15) is 0 Å². The Kier molecular flexibility index (Phi) is 7.10. The third-order valence-corrected chi connectivity index (χ3v) is 6.01. The predicted octanol–water partition coefficient (Wildman–Crippen LogP) is 3.52. The van der Waals surface area contributed by atoms with Crippen molar-refractivity contribution in [3.63, 3.8) is 0 Å². The molecule has 0 amide bonds. The number of Topliss-reactive ketones (excluding diaryl/α,β-unsaturated/α-hetero) is 2. The highest BCUT2D eigenvalue weighted by atomic mass is 16.5. The Morgan fingerprint density at radius 3 is 2.27 bits per heavy atom. The average Bonchev–Trinajstić information content (AvgIpc) is 3.03. The second kappa shape index (κ2) is 9.58. The Hall–Kier alpha value is -2.44. The van der Waals surface area contributed by atoms with Crippen molar-refractivity contribution >= 4 is 17.3 Å². The molecule has 1 aliphatic rings. The molecule has 2 aromatic rings. The third-order valence-electron chi connectivity index (χ3n) is 6.01. The Bertz CT molecular complexity index is 893. The van der Waals surface area contributed by atoms with Crippen molar-refractivity contribution in [2.45, 2.75) is 33.7 Å². The van der Waals surface area contributed by atoms with Crippen LogP contribution in [0.25, 0.3) is 0 Å². The molecule has 3 rings (SSSR count). The zero-order chi connectivity index (χ0) is 21.8. The van der Waals surface area contributed by atoms with E-state index < -0.39 is 0 Å². The van der Waals surface area contributed by atoms with Gasteiger partial charge < -0.3 is 14.2 Å². The van der Waals surface area contributed by atoms with Crippen molar-refractivity contribution in [3.05, 3.63) is 52.8 Å². The number of aryl methyl sites for hydroxylation is 1. The van der Waals surface area contributed by atoms with E-state index in [-0.39, 0.29) is 17.6 Å². The Balaban J connectivity index is 1.59. The van der Waals surface area contributed by atoms with E-state index in [4.69, 9.17) is 4.74 Å². The van der Waals surface area contributed by atoms with E-state index in [0.717, 1.165) is 54.4 Å². The molecule has 0 N–H and O–H groups in total. The van der Waals surface area contributed by atoms with Crippen LogP contribution in [0.5, 0.6) is 0 Å². The zero-order valence-corrected chi connectivity index (χ0v) is 18.8. The molecule has 1 aromatic carbocycles. The number of rotatable bonds is 8. The van der Waals surface area contributed by atoms with Crippen LogP contribution in [0.3, 0.4) is 0 Å². The number of nitrogens with zero attached hydrogens (tertiary/aromatic N) is 3. The lowest BCUT2D eigenvalue weighted by Crippen LogP contribution is -2.48. The molecule has 0 bridgehead atoms. The van der Waals surface area contributed by atoms with Crippen molar-refractivity contribution in [2.75, 3.05) is 51.3 Å². The summed E-state index contributed by atoms with van der Waals surface area (Å²) in [4.78, 5) is 29.0. The van der Waals surface area contributed by atoms with Gasteiger partial charge in [0.1, 0.15) is 0 Å². The van der Waals surface area contributed by atoms with Crippen molar-refractivity contribution in [3.8, 4) is 0 Å². The molecule has 2 heterocycles. The van der Waals surface area contributed by atoms with Gasteiger partial charge in [-0.25, -0.2) is 0 Å². The molecule has 1 fully saturated rings. The van der Waals surface area contributed by atoms with E-state index >= 15 is 0 Å². The largest absolute Gasteiger partial charge is 0.383 e. The van der Waals surface area contributed by atoms with Gasteiger partial charge in [0.15, 0.2) is 11.6 Å². The van der Waals surface area contributed by atoms with Gasteiger partial charge in [-0.1, -0.05) is 0 Å². The lowest BCUT2D eigenvalue weighted by atomic mass is 10.1. The maximum Gasteiger partial charge on any atom is 0.178 e. The summed E-state index contributed by atoms with van der Waals surface area (Å²) in [5, 5.41) is 0. The molecule has 1 atom stereocenters. The van der Waals surface area contributed by atoms with Crippen molar-refractivity contribution in [2.24, 2.45) is 0 Å². The number of piperazine rings is 1. The molecule has 0 radical (unpaired) electrons. The van der Waals surface area contributed by atoms with E-state index in [9.17, 15) is 9.59 Å². The molecule has 1 aromatic heterocycles. The summed E-state index contributed by atoms with van der Waals surface area (Å²) in [7, 11) is 1.70. The number of anilines is 1. The van der Waals surface area contributed by atoms with Crippen molar-refractivity contribution in [1.29, 1.82) is 0 Å². The number of ketones is 2. The Labute approximate surface area is 179 Å². The molecule has 0 unspecified atom stereocenters. The fourth-order valence-corrected chi connectivity index (χ4v) is 4.41. The lowest BCUT2D eigenvalue weighted by molar-refractivity contribution is 0.0924. The fraction of sp³-hybridized carbons (Fsp3) is 0.500. The fourth-order valence-electron chi connectivity index (χ4n) is 4.41. The molecule has 1 saturated heterocycles. The smallest absolute Gasteiger partial charge is 0.178 e. The summed E-state index contributed by atoms with van der Waals surface area (Å²) in [5.74, 6) is 0.263. The molecule has 1 aliphatic heterocycles. The number of carbonyl (C=O) groups excluding carboxylic acids is 2. The average molecular weight is 412 g/mol. The van der Waals surface area contributed by atoms with Gasteiger partial charge in [-0.05, 0) is 58.0 Å². The Morgan fingerprint density at radius 1 is 1.07 bits per heavy atom. The molecule has 0 aliphatic carbocycles. The van der Waals surface area contributed by atoms with E-state index in [1.54, 1.807) is 14.0 Å². The molecular weight excluding hydrogens is 378 g/mol. The predicted molar refractivity (Wildman–Crippen MR) is 120 cm³/mol. The summed E-state index contributed by atoms with van der Waals surface area (Å²) in [6, 6.07) is 9.99. The summed E-state index contributed by atoms with van der Waals surface area (Å²) in [6.45, 7) is 12.3. The third kappa shape index (κ3) is 4.82. The minimum absolute atomic E-state index is 0.0841. The second-order valence-corrected chi connectivity index (χ2v) is 8.25. The quantitative estimate of drug-likeness (QED) is 0.622. The summed E-state index contributed by atoms with van der Waals surface area (Å²) in [6.07, 6.45) is 0. The molecule has 0 spiro atoms. The normalized spacial score (nSPS) is 16.0. The number of hydrogen-bond donors (Lipinski definition) is 0. The number of methoxy groups -OCH3 is 1. The first kappa shape index (κ1) is 22.2. The van der Waals surface area contributed by atoms with Crippen LogP contribution in [0.2, 0.25) is 0 Å². The van der Waals surface area contributed by atoms with Crippen LogP contribution in [-0.4, -0.2) is 67.5 Å². The first-order valence-corrected chi connectivity index (χ1v) is 10.6. The molecule has 6 heteroatoms. The maximum absolute atomic E-state index is 13.0. The van der Waals surface area contributed by atoms with E-state index in [1.165, 1.54) is 0 Å². The summed E-state index contributed by atoms with van der Waals surface area (Å²) >= 11 is 0. The van der Waals surface area contributed by atoms with Gasteiger partial charge in [-0.3, -0.25) is 14.5 Å². The first-order chi connectivity index (χ1) is 14.3. The minimum Gasteiger partial charge on any atom is -0.383 e. The van der Waals surface area contributed by atoms with E-state index in [1.807, 2.05) is 44.2 Å². The highest BCUT2D eigenvalue weighted by Crippen LogP contribution is 2.22. The number of benzene rings is 1. The number of ether oxygens (including phenoxy) is 1. The molecule has 162 valence electrons. The maximum atomic E-state index is 13.0. The van der Waals surface area contributed by atoms with Crippen LogP contribution in [0.4, 0.5) is 5.69 Å². The summed E-state index contributed by atoms with van der Waals surface area (Å²) < 4.78 is 7.48. The molecule has 0 saturated carbocycles. The second-order valence-electron chi connectivity index (χ2n) is 8.25. The molecular formula is C24H33N3O3. The van der Waals surface area contributed by atoms with Crippen LogP contribution >= 0.6 is 0 Å². The highest BCUT2D eigenvalue weighted by molar-refractivity contribution is 5.99. The first-order valence-electron chi connectivity index (χ1n) is 10.6. The standard InChI is InChI=1S/C24H33N3O3/c1-17-14-23(19(3)27(17)18(2)16-30-5)24(29)15-25-10-12-26(13-11-25)22-8-6-21(7-9-22)20(4)28/h6-9,14,18H,10-13,15-16H2,1-5H3/t18-/m1/s1. The van der Waals surface area contributed by atoms with Gasteiger partial charge in [0.2, 0.25) is 0 Å². The van der Waals surface area contributed by atoms with Gasteiger partial charge in [-0.15, -0.1) is 0 Å². The van der Waals surface area contributed by atoms with Crippen LogP contribution < -0.4 is 4.90 Å². The van der Waals surface area contributed by atoms with Gasteiger partial charge in [0.05, 0.1) is 19.2 Å². The van der Waals surface area contributed by atoms with Crippen LogP contribution in [-0.2, 0) is 4.74 Å². The Morgan fingerprint density at radius 2 is 1.70 bits per heavy atom. The molecule has 6 nitrogen and oxygen atoms in total. The van der Waals surface area contributed by atoms with Crippen molar-refractivity contribution < 1.29 is 14.3 Å². The number of hydrogen-bond acceptors (Lipinski definition) is 5. The lowest BCUT2D eigenvalue weighted by Gasteiger charge is -2.35. The topological polar surface area (TPSA) is 54.8 Å². The number of aromatic nitrogens is 1.